The summed E-state index contributed by atoms with van der Waals surface area (Å²) in [4.78, 5) is 30.4. The Morgan fingerprint density at radius 3 is 2.92 bits per heavy atom. The quantitative estimate of drug-likeness (QED) is 0.574. The predicted molar refractivity (Wildman–Crippen MR) is 101 cm³/mol. The minimum atomic E-state index is -0.00454. The largest absolute Gasteiger partial charge is 0.383 e. The Balaban J connectivity index is 1.72. The van der Waals surface area contributed by atoms with Crippen LogP contribution >= 0.6 is 23.5 Å². The van der Waals surface area contributed by atoms with Crippen molar-refractivity contribution >= 4 is 29.4 Å². The Hall–Kier alpha value is -0.990. The summed E-state index contributed by atoms with van der Waals surface area (Å²) in [5.41, 5.74) is 0.866. The minimum absolute atomic E-state index is 0.00454. The molecular weight excluding hydrogens is 358 g/mol. The first-order valence-electron chi connectivity index (χ1n) is 8.80. The first-order chi connectivity index (χ1) is 12.1. The van der Waals surface area contributed by atoms with Gasteiger partial charge < -0.3 is 10.1 Å². The molecule has 2 heterocycles. The number of nitrogens with one attached hydrogen (secondary N) is 1. The summed E-state index contributed by atoms with van der Waals surface area (Å²) in [5, 5.41) is 4.08. The van der Waals surface area contributed by atoms with E-state index in [-0.39, 0.29) is 17.2 Å². The molecule has 1 fully saturated rings. The van der Waals surface area contributed by atoms with E-state index < -0.39 is 0 Å². The highest BCUT2D eigenvalue weighted by Gasteiger charge is 2.26. The van der Waals surface area contributed by atoms with E-state index in [1.54, 1.807) is 23.4 Å². The van der Waals surface area contributed by atoms with Gasteiger partial charge in [0.05, 0.1) is 29.5 Å². The van der Waals surface area contributed by atoms with Crippen molar-refractivity contribution in [3.05, 3.63) is 16.0 Å². The van der Waals surface area contributed by atoms with Gasteiger partial charge in [-0.25, -0.2) is 4.98 Å². The zero-order chi connectivity index (χ0) is 17.8. The molecule has 0 radical (unpaired) electrons. The zero-order valence-corrected chi connectivity index (χ0v) is 16.4. The molecule has 1 amide bonds. The lowest BCUT2D eigenvalue weighted by atomic mass is 10.2. The van der Waals surface area contributed by atoms with Gasteiger partial charge in [0, 0.05) is 24.8 Å². The Kier molecular flexibility index (Phi) is 6.46. The molecule has 3 rings (SSSR count). The molecule has 0 spiro atoms. The Morgan fingerprint density at radius 1 is 1.44 bits per heavy atom. The van der Waals surface area contributed by atoms with E-state index >= 15 is 0 Å². The highest BCUT2D eigenvalue weighted by molar-refractivity contribution is 8.00. The Bertz CT molecular complexity index is 686. The second-order valence-electron chi connectivity index (χ2n) is 6.59. The minimum Gasteiger partial charge on any atom is -0.383 e. The van der Waals surface area contributed by atoms with Gasteiger partial charge in [-0.05, 0) is 12.8 Å². The number of rotatable bonds is 7. The monoisotopic (exact) mass is 383 g/mol. The molecule has 8 heteroatoms. The number of thioether (sulfide) groups is 2. The second kappa shape index (κ2) is 8.60. The van der Waals surface area contributed by atoms with E-state index in [0.717, 1.165) is 29.9 Å². The van der Waals surface area contributed by atoms with Gasteiger partial charge in [0.25, 0.3) is 5.56 Å². The summed E-state index contributed by atoms with van der Waals surface area (Å²) in [7, 11) is 1.62. The number of amides is 1. The van der Waals surface area contributed by atoms with Gasteiger partial charge in [-0.2, -0.15) is 0 Å². The average molecular weight is 384 g/mol. The van der Waals surface area contributed by atoms with E-state index in [1.165, 1.54) is 24.6 Å². The van der Waals surface area contributed by atoms with Crippen molar-refractivity contribution in [1.82, 2.24) is 14.9 Å². The molecule has 1 aliphatic heterocycles. The molecule has 1 aromatic rings. The van der Waals surface area contributed by atoms with Crippen LogP contribution in [0, 0.1) is 0 Å². The maximum absolute atomic E-state index is 12.8. The predicted octanol–water partition coefficient (Wildman–Crippen LogP) is 2.08. The summed E-state index contributed by atoms with van der Waals surface area (Å²) in [6, 6.07) is 0.314. The van der Waals surface area contributed by atoms with Gasteiger partial charge >= 0.3 is 0 Å². The van der Waals surface area contributed by atoms with Crippen molar-refractivity contribution in [3.8, 4) is 0 Å². The fourth-order valence-electron chi connectivity index (χ4n) is 3.29. The number of carbonyl (C=O) groups excluding carboxylic acids is 1. The summed E-state index contributed by atoms with van der Waals surface area (Å²) >= 11 is 2.94. The number of aromatic nitrogens is 2. The molecular formula is C17H25N3O3S2. The van der Waals surface area contributed by atoms with Crippen LogP contribution in [0.5, 0.6) is 0 Å². The number of fused-ring (bicyclic) bond motifs is 1. The molecule has 1 aliphatic carbocycles. The molecule has 138 valence electrons. The van der Waals surface area contributed by atoms with E-state index in [9.17, 15) is 9.59 Å². The molecule has 0 saturated heterocycles. The van der Waals surface area contributed by atoms with E-state index in [1.807, 2.05) is 0 Å². The number of hydrogen-bond acceptors (Lipinski definition) is 6. The molecule has 1 aromatic heterocycles. The van der Waals surface area contributed by atoms with E-state index in [2.05, 4.69) is 12.2 Å². The Labute approximate surface area is 156 Å². The van der Waals surface area contributed by atoms with Crippen molar-refractivity contribution in [3.63, 3.8) is 0 Å². The van der Waals surface area contributed by atoms with Gasteiger partial charge in [-0.3, -0.25) is 14.2 Å². The number of hydrogen-bond donors (Lipinski definition) is 1. The van der Waals surface area contributed by atoms with Gasteiger partial charge in [-0.15, -0.1) is 11.8 Å². The number of nitrogens with zero attached hydrogens (tertiary/aromatic N) is 2. The molecule has 2 aliphatic rings. The molecule has 1 atom stereocenters. The van der Waals surface area contributed by atoms with Crippen LogP contribution in [-0.4, -0.2) is 46.2 Å². The van der Waals surface area contributed by atoms with Crippen LogP contribution in [0.25, 0.3) is 0 Å². The van der Waals surface area contributed by atoms with Crippen molar-refractivity contribution < 1.29 is 9.53 Å². The highest BCUT2D eigenvalue weighted by Crippen LogP contribution is 2.34. The van der Waals surface area contributed by atoms with Gasteiger partial charge in [0.2, 0.25) is 5.91 Å². The number of carbonyl (C=O) groups is 1. The molecule has 1 unspecified atom stereocenters. The van der Waals surface area contributed by atoms with Crippen molar-refractivity contribution in [2.75, 3.05) is 19.5 Å². The van der Waals surface area contributed by atoms with Gasteiger partial charge in [-0.1, -0.05) is 31.5 Å². The summed E-state index contributed by atoms with van der Waals surface area (Å²) in [6.45, 7) is 3.01. The first-order valence-corrected chi connectivity index (χ1v) is 10.7. The molecule has 6 nitrogen and oxygen atoms in total. The van der Waals surface area contributed by atoms with Crippen LogP contribution in [0.15, 0.2) is 14.8 Å². The fraction of sp³-hybridized carbons (Fsp3) is 0.706. The maximum atomic E-state index is 12.8. The number of ether oxygens (including phenoxy) is 1. The van der Waals surface area contributed by atoms with Crippen LogP contribution in [0.2, 0.25) is 0 Å². The van der Waals surface area contributed by atoms with Crippen LogP contribution < -0.4 is 10.9 Å². The third-order valence-corrected chi connectivity index (χ3v) is 6.73. The Morgan fingerprint density at radius 2 is 2.20 bits per heavy atom. The maximum Gasteiger partial charge on any atom is 0.268 e. The zero-order valence-electron chi connectivity index (χ0n) is 14.7. The average Bonchev–Trinajstić information content (AvgIpc) is 3.21. The third-order valence-electron chi connectivity index (χ3n) is 4.53. The lowest BCUT2D eigenvalue weighted by Gasteiger charge is -2.14. The van der Waals surface area contributed by atoms with Crippen LogP contribution in [0.1, 0.15) is 38.3 Å². The van der Waals surface area contributed by atoms with Crippen molar-refractivity contribution in [2.45, 2.75) is 66.9 Å². The normalized spacial score (nSPS) is 20.0. The first kappa shape index (κ1) is 18.8. The smallest absolute Gasteiger partial charge is 0.268 e. The molecule has 25 heavy (non-hydrogen) atoms. The third kappa shape index (κ3) is 4.60. The molecule has 0 bridgehead atoms. The van der Waals surface area contributed by atoms with Crippen LogP contribution in [0.3, 0.4) is 0 Å². The SMILES string of the molecule is COCCn1c(SCC(=O)NC2CCCC2)nc2c(c1=O)SC(C)C2. The summed E-state index contributed by atoms with van der Waals surface area (Å²) in [5.74, 6) is 0.310. The second-order valence-corrected chi connectivity index (χ2v) is 8.98. The van der Waals surface area contributed by atoms with Gasteiger partial charge in [0.15, 0.2) is 5.16 Å². The van der Waals surface area contributed by atoms with E-state index in [4.69, 9.17) is 9.72 Å². The standard InChI is InChI=1S/C17H25N3O3S2/c1-11-9-13-15(25-11)16(22)20(7-8-23-2)17(19-13)24-10-14(21)18-12-5-3-4-6-12/h11-12H,3-10H2,1-2H3,(H,18,21). The summed E-state index contributed by atoms with van der Waals surface area (Å²) < 4.78 is 6.78. The lowest BCUT2D eigenvalue weighted by Crippen LogP contribution is -2.34. The highest BCUT2D eigenvalue weighted by atomic mass is 32.2. The topological polar surface area (TPSA) is 73.2 Å². The summed E-state index contributed by atoms with van der Waals surface area (Å²) in [6.07, 6.45) is 5.33. The van der Waals surface area contributed by atoms with E-state index in [0.29, 0.717) is 29.6 Å². The van der Waals surface area contributed by atoms with Gasteiger partial charge in [0.1, 0.15) is 0 Å². The lowest BCUT2D eigenvalue weighted by molar-refractivity contribution is -0.119. The number of methoxy groups -OCH3 is 1. The molecule has 1 N–H and O–H groups in total. The molecule has 0 aromatic carbocycles. The van der Waals surface area contributed by atoms with Crippen molar-refractivity contribution in [2.24, 2.45) is 0 Å². The van der Waals surface area contributed by atoms with Crippen molar-refractivity contribution in [1.29, 1.82) is 0 Å². The van der Waals surface area contributed by atoms with Crippen LogP contribution in [0.4, 0.5) is 0 Å². The molecule has 1 saturated carbocycles. The van der Waals surface area contributed by atoms with Crippen LogP contribution in [-0.2, 0) is 22.5 Å². The fourth-order valence-corrected chi connectivity index (χ4v) is 5.26.